The van der Waals surface area contributed by atoms with Crippen LogP contribution >= 0.6 is 0 Å². The van der Waals surface area contributed by atoms with Crippen LogP contribution in [-0.4, -0.2) is 33.4 Å². The fraction of sp³-hybridized carbons (Fsp3) is 0.312. The van der Waals surface area contributed by atoms with Crippen LogP contribution in [-0.2, 0) is 16.8 Å². The Bertz CT molecular complexity index is 779. The van der Waals surface area contributed by atoms with Gasteiger partial charge >= 0.3 is 5.97 Å². The summed E-state index contributed by atoms with van der Waals surface area (Å²) in [5.41, 5.74) is 0.338. The van der Waals surface area contributed by atoms with Crippen molar-refractivity contribution in [3.8, 4) is 5.75 Å². The molecule has 2 aromatic rings. The van der Waals surface area contributed by atoms with E-state index in [0.29, 0.717) is 18.0 Å². The summed E-state index contributed by atoms with van der Waals surface area (Å²) in [7, 11) is 0. The molecule has 0 saturated heterocycles. The van der Waals surface area contributed by atoms with E-state index >= 15 is 0 Å². The standard InChI is InChI=1S/C16H17N3O4/c1-16(2,15(21)22)19-7-5-13(18-19)17-14(20)11-3-4-12-10(9-11)6-8-23-12/h3-5,7,9H,6,8H2,1-2H3,(H,21,22)(H,17,18,20). The third kappa shape index (κ3) is 2.77. The summed E-state index contributed by atoms with van der Waals surface area (Å²) in [6.07, 6.45) is 2.32. The highest BCUT2D eigenvalue weighted by atomic mass is 16.5. The minimum absolute atomic E-state index is 0.293. The average molecular weight is 315 g/mol. The number of nitrogens with one attached hydrogen (secondary N) is 1. The molecule has 7 nitrogen and oxygen atoms in total. The number of carboxylic acid groups (broad SMARTS) is 1. The van der Waals surface area contributed by atoms with E-state index in [1.165, 1.54) is 24.7 Å². The molecule has 0 saturated carbocycles. The number of fused-ring (bicyclic) bond motifs is 1. The molecule has 1 aliphatic heterocycles. The van der Waals surface area contributed by atoms with Crippen LogP contribution in [0.25, 0.3) is 0 Å². The van der Waals surface area contributed by atoms with Crippen molar-refractivity contribution in [2.24, 2.45) is 0 Å². The molecule has 0 aliphatic carbocycles. The van der Waals surface area contributed by atoms with Crippen LogP contribution in [0.5, 0.6) is 5.75 Å². The zero-order chi connectivity index (χ0) is 16.6. The van der Waals surface area contributed by atoms with E-state index < -0.39 is 11.5 Å². The first-order valence-electron chi connectivity index (χ1n) is 7.24. The lowest BCUT2D eigenvalue weighted by atomic mass is 10.1. The number of hydrogen-bond acceptors (Lipinski definition) is 4. The van der Waals surface area contributed by atoms with Crippen molar-refractivity contribution in [1.29, 1.82) is 0 Å². The van der Waals surface area contributed by atoms with E-state index in [1.54, 1.807) is 24.3 Å². The van der Waals surface area contributed by atoms with Crippen LogP contribution in [0, 0.1) is 0 Å². The fourth-order valence-electron chi connectivity index (χ4n) is 2.32. The van der Waals surface area contributed by atoms with E-state index in [4.69, 9.17) is 4.74 Å². The summed E-state index contributed by atoms with van der Waals surface area (Å²) < 4.78 is 6.72. The van der Waals surface area contributed by atoms with Crippen LogP contribution in [0.1, 0.15) is 29.8 Å². The summed E-state index contributed by atoms with van der Waals surface area (Å²) in [6, 6.07) is 6.84. The molecule has 1 aromatic heterocycles. The topological polar surface area (TPSA) is 93.5 Å². The molecule has 0 atom stereocenters. The molecule has 120 valence electrons. The average Bonchev–Trinajstić information content (AvgIpc) is 3.14. The van der Waals surface area contributed by atoms with Crippen LogP contribution in [0.3, 0.4) is 0 Å². The Morgan fingerprint density at radius 1 is 1.35 bits per heavy atom. The van der Waals surface area contributed by atoms with Gasteiger partial charge in [0.2, 0.25) is 0 Å². The Kier molecular flexibility index (Phi) is 3.55. The number of rotatable bonds is 4. The Hall–Kier alpha value is -2.83. The van der Waals surface area contributed by atoms with Crippen molar-refractivity contribution in [3.05, 3.63) is 41.6 Å². The summed E-state index contributed by atoms with van der Waals surface area (Å²) in [4.78, 5) is 23.5. The van der Waals surface area contributed by atoms with E-state index in [2.05, 4.69) is 10.4 Å². The largest absolute Gasteiger partial charge is 0.493 e. The Balaban J connectivity index is 1.76. The van der Waals surface area contributed by atoms with Crippen molar-refractivity contribution in [2.75, 3.05) is 11.9 Å². The molecule has 1 aromatic carbocycles. The number of ether oxygens (including phenoxy) is 1. The highest BCUT2D eigenvalue weighted by molar-refractivity contribution is 6.04. The van der Waals surface area contributed by atoms with Crippen molar-refractivity contribution >= 4 is 17.7 Å². The van der Waals surface area contributed by atoms with Crippen LogP contribution in [0.2, 0.25) is 0 Å². The molecule has 2 N–H and O–H groups in total. The van der Waals surface area contributed by atoms with Crippen LogP contribution in [0.4, 0.5) is 5.82 Å². The van der Waals surface area contributed by atoms with Gasteiger partial charge in [0.1, 0.15) is 5.75 Å². The van der Waals surface area contributed by atoms with Crippen molar-refractivity contribution < 1.29 is 19.4 Å². The third-order valence-electron chi connectivity index (χ3n) is 3.88. The lowest BCUT2D eigenvalue weighted by Crippen LogP contribution is -2.36. The maximum atomic E-state index is 12.3. The molecular weight excluding hydrogens is 298 g/mol. The monoisotopic (exact) mass is 315 g/mol. The third-order valence-corrected chi connectivity index (χ3v) is 3.88. The molecule has 0 radical (unpaired) electrons. The van der Waals surface area contributed by atoms with E-state index in [1.807, 2.05) is 0 Å². The molecule has 2 heterocycles. The Morgan fingerprint density at radius 3 is 2.87 bits per heavy atom. The second kappa shape index (κ2) is 5.42. The van der Waals surface area contributed by atoms with Gasteiger partial charge in [-0.2, -0.15) is 5.10 Å². The fourth-order valence-corrected chi connectivity index (χ4v) is 2.32. The van der Waals surface area contributed by atoms with Gasteiger partial charge in [-0.1, -0.05) is 0 Å². The number of amides is 1. The second-order valence-electron chi connectivity index (χ2n) is 5.88. The molecule has 23 heavy (non-hydrogen) atoms. The lowest BCUT2D eigenvalue weighted by molar-refractivity contribution is -0.146. The SMILES string of the molecule is CC(C)(C(=O)O)n1ccc(NC(=O)c2ccc3c(c2)CCO3)n1. The highest BCUT2D eigenvalue weighted by Gasteiger charge is 2.30. The van der Waals surface area contributed by atoms with Crippen molar-refractivity contribution in [2.45, 2.75) is 25.8 Å². The summed E-state index contributed by atoms with van der Waals surface area (Å²) >= 11 is 0. The summed E-state index contributed by atoms with van der Waals surface area (Å²) in [5, 5.41) is 16.0. The van der Waals surface area contributed by atoms with Crippen LogP contribution in [0.15, 0.2) is 30.5 Å². The van der Waals surface area contributed by atoms with Gasteiger partial charge in [0.15, 0.2) is 11.4 Å². The first kappa shape index (κ1) is 15.1. The van der Waals surface area contributed by atoms with Gasteiger partial charge in [0.05, 0.1) is 6.61 Å². The molecule has 1 amide bonds. The van der Waals surface area contributed by atoms with E-state index in [-0.39, 0.29) is 5.91 Å². The highest BCUT2D eigenvalue weighted by Crippen LogP contribution is 2.26. The minimum atomic E-state index is -1.19. The zero-order valence-electron chi connectivity index (χ0n) is 12.9. The number of hydrogen-bond donors (Lipinski definition) is 2. The molecule has 3 rings (SSSR count). The predicted molar refractivity (Wildman–Crippen MR) is 82.8 cm³/mol. The molecule has 0 spiro atoms. The molecular formula is C16H17N3O4. The van der Waals surface area contributed by atoms with Crippen molar-refractivity contribution in [1.82, 2.24) is 9.78 Å². The van der Waals surface area contributed by atoms with Gasteiger partial charge < -0.3 is 15.2 Å². The Morgan fingerprint density at radius 2 is 2.13 bits per heavy atom. The minimum Gasteiger partial charge on any atom is -0.493 e. The number of carbonyl (C=O) groups excluding carboxylic acids is 1. The number of benzene rings is 1. The maximum Gasteiger partial charge on any atom is 0.331 e. The first-order valence-corrected chi connectivity index (χ1v) is 7.24. The van der Waals surface area contributed by atoms with Gasteiger partial charge in [0, 0.05) is 24.2 Å². The van der Waals surface area contributed by atoms with Gasteiger partial charge in [-0.3, -0.25) is 9.48 Å². The number of aromatic nitrogens is 2. The number of aliphatic carboxylic acids is 1. The normalized spacial score (nSPS) is 13.3. The molecule has 0 bridgehead atoms. The van der Waals surface area contributed by atoms with Gasteiger partial charge in [-0.25, -0.2) is 4.79 Å². The Labute approximate surface area is 132 Å². The van der Waals surface area contributed by atoms with Crippen molar-refractivity contribution in [3.63, 3.8) is 0 Å². The van der Waals surface area contributed by atoms with Gasteiger partial charge in [-0.15, -0.1) is 0 Å². The number of anilines is 1. The number of carbonyl (C=O) groups is 2. The number of nitrogens with zero attached hydrogens (tertiary/aromatic N) is 2. The van der Waals surface area contributed by atoms with E-state index in [0.717, 1.165) is 17.7 Å². The molecule has 1 aliphatic rings. The van der Waals surface area contributed by atoms with E-state index in [9.17, 15) is 14.7 Å². The molecule has 7 heteroatoms. The molecule has 0 fully saturated rings. The predicted octanol–water partition coefficient (Wildman–Crippen LogP) is 1.89. The quantitative estimate of drug-likeness (QED) is 0.898. The maximum absolute atomic E-state index is 12.3. The number of carboxylic acids is 1. The first-order chi connectivity index (χ1) is 10.9. The summed E-state index contributed by atoms with van der Waals surface area (Å²) in [6.45, 7) is 3.71. The molecule has 0 unspecified atom stereocenters. The zero-order valence-corrected chi connectivity index (χ0v) is 12.9. The van der Waals surface area contributed by atoms with Crippen LogP contribution < -0.4 is 10.1 Å². The lowest BCUT2D eigenvalue weighted by Gasteiger charge is -2.19. The second-order valence-corrected chi connectivity index (χ2v) is 5.88. The smallest absolute Gasteiger partial charge is 0.331 e. The summed E-state index contributed by atoms with van der Waals surface area (Å²) in [5.74, 6) is -0.176. The van der Waals surface area contributed by atoms with Gasteiger partial charge in [-0.05, 0) is 37.6 Å². The van der Waals surface area contributed by atoms with Gasteiger partial charge in [0.25, 0.3) is 5.91 Å².